The molecule has 3 unspecified atom stereocenters. The summed E-state index contributed by atoms with van der Waals surface area (Å²) >= 11 is 5.27. The number of rotatable bonds is 9. The summed E-state index contributed by atoms with van der Waals surface area (Å²) in [5.74, 6) is -2.29. The number of ether oxygens (including phenoxy) is 1. The van der Waals surface area contributed by atoms with Gasteiger partial charge in [0.25, 0.3) is 5.91 Å². The van der Waals surface area contributed by atoms with Gasteiger partial charge in [-0.05, 0) is 31.4 Å². The normalized spacial score (nSPS) is 30.8. The number of aryl methyl sites for hydroxylation is 2. The van der Waals surface area contributed by atoms with Crippen molar-refractivity contribution in [2.75, 3.05) is 31.2 Å². The van der Waals surface area contributed by atoms with Crippen LogP contribution in [0.4, 0.5) is 5.69 Å². The van der Waals surface area contributed by atoms with E-state index < -0.39 is 28.6 Å². The van der Waals surface area contributed by atoms with Crippen molar-refractivity contribution < 1.29 is 24.2 Å². The molecule has 1 N–H and O–H groups in total. The quantitative estimate of drug-likeness (QED) is 0.283. The summed E-state index contributed by atoms with van der Waals surface area (Å²) in [4.78, 5) is 44.4. The molecule has 0 aliphatic carbocycles. The molecule has 4 rings (SSSR count). The molecule has 3 fully saturated rings. The SMILES string of the molecule is C=CCOC(=O)[C@H]1[C@@H]2SC3(CC2Br)C(C(=O)N(CC=C)c2c(C)cccc2C)N(CCO)C(=O)[C@H]13. The van der Waals surface area contributed by atoms with Crippen LogP contribution in [0, 0.1) is 25.7 Å². The van der Waals surface area contributed by atoms with Gasteiger partial charge in [-0.15, -0.1) is 18.3 Å². The van der Waals surface area contributed by atoms with Crippen LogP contribution < -0.4 is 4.90 Å². The fraction of sp³-hybridized carbons (Fsp3) is 0.500. The van der Waals surface area contributed by atoms with Gasteiger partial charge in [0.05, 0.1) is 23.2 Å². The minimum atomic E-state index is -0.821. The van der Waals surface area contributed by atoms with Crippen LogP contribution in [0.25, 0.3) is 0 Å². The Morgan fingerprint density at radius 2 is 2.00 bits per heavy atom. The summed E-state index contributed by atoms with van der Waals surface area (Å²) in [7, 11) is 0. The molecule has 7 nitrogen and oxygen atoms in total. The first-order valence-electron chi connectivity index (χ1n) is 11.7. The second-order valence-corrected chi connectivity index (χ2v) is 12.0. The lowest BCUT2D eigenvalue weighted by molar-refractivity contribution is -0.153. The molecule has 188 valence electrons. The van der Waals surface area contributed by atoms with Gasteiger partial charge >= 0.3 is 5.97 Å². The van der Waals surface area contributed by atoms with Crippen LogP contribution in [-0.2, 0) is 19.1 Å². The summed E-state index contributed by atoms with van der Waals surface area (Å²) < 4.78 is 4.59. The van der Waals surface area contributed by atoms with E-state index in [-0.39, 0.29) is 48.2 Å². The zero-order chi connectivity index (χ0) is 25.5. The van der Waals surface area contributed by atoms with Crippen LogP contribution >= 0.6 is 27.7 Å². The Morgan fingerprint density at radius 3 is 2.60 bits per heavy atom. The molecule has 9 heteroatoms. The van der Waals surface area contributed by atoms with Gasteiger partial charge in [0, 0.05) is 28.9 Å². The number of hydrogen-bond acceptors (Lipinski definition) is 6. The minimum absolute atomic E-state index is 0.0226. The van der Waals surface area contributed by atoms with Gasteiger partial charge in [-0.2, -0.15) is 0 Å². The Hall–Kier alpha value is -2.10. The van der Waals surface area contributed by atoms with Gasteiger partial charge in [0.1, 0.15) is 12.6 Å². The second kappa shape index (κ2) is 10.1. The molecule has 0 aromatic heterocycles. The number of esters is 1. The number of aliphatic hydroxyl groups is 1. The zero-order valence-corrected chi connectivity index (χ0v) is 22.4. The second-order valence-electron chi connectivity index (χ2n) is 9.32. The lowest BCUT2D eigenvalue weighted by Crippen LogP contribution is -2.56. The molecule has 3 aliphatic rings. The predicted molar refractivity (Wildman–Crippen MR) is 141 cm³/mol. The smallest absolute Gasteiger partial charge is 0.311 e. The Balaban J connectivity index is 1.80. The highest BCUT2D eigenvalue weighted by Crippen LogP contribution is 2.68. The predicted octanol–water partition coefficient (Wildman–Crippen LogP) is 3.01. The molecule has 2 amide bonds. The third-order valence-electron chi connectivity index (χ3n) is 7.27. The molecule has 6 atom stereocenters. The topological polar surface area (TPSA) is 87.2 Å². The maximum atomic E-state index is 14.4. The molecule has 1 spiro atoms. The first-order chi connectivity index (χ1) is 16.7. The third-order valence-corrected chi connectivity index (χ3v) is 10.5. The summed E-state index contributed by atoms with van der Waals surface area (Å²) in [6.45, 7) is 11.5. The van der Waals surface area contributed by atoms with Gasteiger partial charge in [-0.3, -0.25) is 14.4 Å². The molecular weight excluding hydrogens is 532 g/mol. The van der Waals surface area contributed by atoms with Crippen LogP contribution in [0.5, 0.6) is 0 Å². The Morgan fingerprint density at radius 1 is 1.31 bits per heavy atom. The van der Waals surface area contributed by atoms with Crippen LogP contribution in [0.3, 0.4) is 0 Å². The molecule has 3 heterocycles. The van der Waals surface area contributed by atoms with E-state index in [0.29, 0.717) is 6.42 Å². The van der Waals surface area contributed by atoms with Crippen molar-refractivity contribution >= 4 is 51.2 Å². The summed E-state index contributed by atoms with van der Waals surface area (Å²) in [6.07, 6.45) is 3.74. The average molecular weight is 564 g/mol. The molecule has 3 aliphatic heterocycles. The number of nitrogens with zero attached hydrogens (tertiary/aromatic N) is 2. The first kappa shape index (κ1) is 26.0. The van der Waals surface area contributed by atoms with Gasteiger partial charge in [0.15, 0.2) is 0 Å². The molecule has 3 saturated heterocycles. The number of amides is 2. The van der Waals surface area contributed by atoms with Crippen LogP contribution in [-0.4, -0.2) is 75.0 Å². The van der Waals surface area contributed by atoms with Crippen LogP contribution in [0.2, 0.25) is 0 Å². The highest BCUT2D eigenvalue weighted by atomic mass is 79.9. The van der Waals surface area contributed by atoms with Gasteiger partial charge in [-0.25, -0.2) is 0 Å². The van der Waals surface area contributed by atoms with Crippen molar-refractivity contribution in [3.8, 4) is 0 Å². The van der Waals surface area contributed by atoms with Crippen LogP contribution in [0.15, 0.2) is 43.5 Å². The molecule has 0 radical (unpaired) electrons. The monoisotopic (exact) mass is 562 g/mol. The largest absolute Gasteiger partial charge is 0.461 e. The van der Waals surface area contributed by atoms with Crippen molar-refractivity contribution in [3.63, 3.8) is 0 Å². The van der Waals surface area contributed by atoms with Crippen molar-refractivity contribution in [3.05, 3.63) is 54.6 Å². The van der Waals surface area contributed by atoms with Crippen molar-refractivity contribution in [2.24, 2.45) is 11.8 Å². The fourth-order valence-corrected chi connectivity index (χ4v) is 9.66. The number of benzene rings is 1. The van der Waals surface area contributed by atoms with Crippen molar-refractivity contribution in [1.29, 1.82) is 0 Å². The third kappa shape index (κ3) is 4.05. The molecule has 1 aromatic carbocycles. The maximum Gasteiger partial charge on any atom is 0.311 e. The number of hydrogen-bond donors (Lipinski definition) is 1. The lowest BCUT2D eigenvalue weighted by Gasteiger charge is -2.38. The van der Waals surface area contributed by atoms with E-state index >= 15 is 0 Å². The van der Waals surface area contributed by atoms with E-state index in [1.165, 1.54) is 11.0 Å². The molecule has 35 heavy (non-hydrogen) atoms. The van der Waals surface area contributed by atoms with E-state index in [1.54, 1.807) is 22.7 Å². The number of thioether (sulfide) groups is 1. The van der Waals surface area contributed by atoms with Gasteiger partial charge < -0.3 is 19.6 Å². The number of alkyl halides is 1. The highest BCUT2D eigenvalue weighted by molar-refractivity contribution is 9.09. The Bertz CT molecular complexity index is 1040. The first-order valence-corrected chi connectivity index (χ1v) is 13.5. The van der Waals surface area contributed by atoms with Crippen LogP contribution in [0.1, 0.15) is 17.5 Å². The van der Waals surface area contributed by atoms with E-state index in [2.05, 4.69) is 29.1 Å². The van der Waals surface area contributed by atoms with Crippen molar-refractivity contribution in [2.45, 2.75) is 41.1 Å². The molecule has 2 bridgehead atoms. The van der Waals surface area contributed by atoms with E-state index in [1.807, 2.05) is 32.0 Å². The van der Waals surface area contributed by atoms with Gasteiger partial charge in [-0.1, -0.05) is 52.9 Å². The van der Waals surface area contributed by atoms with E-state index in [0.717, 1.165) is 16.8 Å². The zero-order valence-electron chi connectivity index (χ0n) is 20.0. The summed E-state index contributed by atoms with van der Waals surface area (Å²) in [5, 5.41) is 9.63. The van der Waals surface area contributed by atoms with Gasteiger partial charge in [0.2, 0.25) is 5.91 Å². The number of aliphatic hydroxyl groups excluding tert-OH is 1. The standard InChI is InChI=1S/C26H31BrN2O5S/c1-5-10-28(20-15(3)8-7-9-16(20)4)24(32)22-26-14-17(27)21(35-26)18(25(33)34-13-6-2)19(26)23(31)29(22)11-12-30/h5-9,17-19,21-22,30H,1-2,10-14H2,3-4H3/t17?,18-,19+,21-,22?,26?/m1/s1. The number of carbonyl (C=O) groups is 3. The number of fused-ring (bicyclic) bond motifs is 1. The fourth-order valence-electron chi connectivity index (χ4n) is 6.06. The number of β-amino-alcohol motifs (C(OH)–C–C–N with tert-alkyl or cyclic N) is 1. The highest BCUT2D eigenvalue weighted by Gasteiger charge is 2.76. The number of likely N-dealkylation sites (tertiary alicyclic amines) is 1. The average Bonchev–Trinajstić information content (AvgIpc) is 3.40. The maximum absolute atomic E-state index is 14.4. The molecule has 0 saturated carbocycles. The molecular formula is C26H31BrN2O5S. The number of anilines is 1. The number of halogens is 1. The lowest BCUT2D eigenvalue weighted by atomic mass is 9.71. The summed E-state index contributed by atoms with van der Waals surface area (Å²) in [6, 6.07) is 5.03. The minimum Gasteiger partial charge on any atom is -0.461 e. The van der Waals surface area contributed by atoms with Crippen molar-refractivity contribution in [1.82, 2.24) is 4.90 Å². The number of para-hydroxylation sites is 1. The van der Waals surface area contributed by atoms with E-state index in [9.17, 15) is 19.5 Å². The van der Waals surface area contributed by atoms with E-state index in [4.69, 9.17) is 4.74 Å². The summed E-state index contributed by atoms with van der Waals surface area (Å²) in [5.41, 5.74) is 2.68. The Kier molecular flexibility index (Phi) is 7.50. The molecule has 1 aromatic rings. The Labute approximate surface area is 218 Å². The number of carbonyl (C=O) groups excluding carboxylic acids is 3.